The molecule has 0 aliphatic carbocycles. The van der Waals surface area contributed by atoms with Crippen LogP contribution >= 0.6 is 0 Å². The van der Waals surface area contributed by atoms with Crippen LogP contribution in [0.2, 0.25) is 0 Å². The zero-order valence-corrected chi connectivity index (χ0v) is 13.6. The highest BCUT2D eigenvalue weighted by Gasteiger charge is 2.22. The summed E-state index contributed by atoms with van der Waals surface area (Å²) in [7, 11) is 2.19. The highest BCUT2D eigenvalue weighted by Crippen LogP contribution is 2.33. The van der Waals surface area contributed by atoms with Crippen LogP contribution in [0.25, 0.3) is 0 Å². The van der Waals surface area contributed by atoms with E-state index in [4.69, 9.17) is 0 Å². The standard InChI is InChI=1S/C18H26N4/c1-15(8-13-22-11-5-10-20-22)19-14-16-9-12-21(2)18-7-4-3-6-17(16)18/h3-7,10-11,15-16,19H,8-9,12-14H2,1-2H3/t15-,16+/m0/s1. The van der Waals surface area contributed by atoms with Crippen molar-refractivity contribution in [3.8, 4) is 0 Å². The molecule has 1 aliphatic heterocycles. The molecule has 2 aromatic rings. The fourth-order valence-corrected chi connectivity index (χ4v) is 3.22. The lowest BCUT2D eigenvalue weighted by Crippen LogP contribution is -2.35. The van der Waals surface area contributed by atoms with Crippen molar-refractivity contribution in [1.82, 2.24) is 15.1 Å². The minimum Gasteiger partial charge on any atom is -0.374 e. The average Bonchev–Trinajstić information content (AvgIpc) is 3.06. The van der Waals surface area contributed by atoms with Crippen LogP contribution in [0.1, 0.15) is 31.2 Å². The van der Waals surface area contributed by atoms with E-state index >= 15 is 0 Å². The van der Waals surface area contributed by atoms with Gasteiger partial charge in [-0.25, -0.2) is 0 Å². The number of benzene rings is 1. The molecule has 0 unspecified atom stereocenters. The normalized spacial score (nSPS) is 19.0. The van der Waals surface area contributed by atoms with Gasteiger partial charge in [0.15, 0.2) is 0 Å². The van der Waals surface area contributed by atoms with Crippen molar-refractivity contribution < 1.29 is 0 Å². The second kappa shape index (κ2) is 6.97. The predicted octanol–water partition coefficient (Wildman–Crippen LogP) is 2.88. The molecule has 2 heterocycles. The smallest absolute Gasteiger partial charge is 0.0489 e. The molecule has 0 amide bonds. The third-order valence-electron chi connectivity index (χ3n) is 4.66. The van der Waals surface area contributed by atoms with E-state index in [0.29, 0.717) is 12.0 Å². The number of para-hydroxylation sites is 1. The summed E-state index contributed by atoms with van der Waals surface area (Å²) in [5, 5.41) is 7.97. The van der Waals surface area contributed by atoms with Gasteiger partial charge in [0.1, 0.15) is 0 Å². The van der Waals surface area contributed by atoms with Gasteiger partial charge in [-0.05, 0) is 37.5 Å². The first-order valence-electron chi connectivity index (χ1n) is 8.25. The number of fused-ring (bicyclic) bond motifs is 1. The van der Waals surface area contributed by atoms with E-state index in [1.807, 2.05) is 23.1 Å². The molecule has 0 saturated heterocycles. The highest BCUT2D eigenvalue weighted by molar-refractivity contribution is 5.56. The quantitative estimate of drug-likeness (QED) is 0.890. The molecule has 4 nitrogen and oxygen atoms in total. The zero-order valence-electron chi connectivity index (χ0n) is 13.6. The van der Waals surface area contributed by atoms with Gasteiger partial charge in [0, 0.05) is 56.7 Å². The van der Waals surface area contributed by atoms with Crippen LogP contribution < -0.4 is 10.2 Å². The van der Waals surface area contributed by atoms with Crippen molar-refractivity contribution >= 4 is 5.69 Å². The Morgan fingerprint density at radius 2 is 2.18 bits per heavy atom. The molecule has 3 rings (SSSR count). The molecule has 0 radical (unpaired) electrons. The molecule has 0 saturated carbocycles. The van der Waals surface area contributed by atoms with E-state index < -0.39 is 0 Å². The van der Waals surface area contributed by atoms with Crippen LogP contribution in [0.3, 0.4) is 0 Å². The molecular formula is C18H26N4. The number of hydrogen-bond acceptors (Lipinski definition) is 3. The van der Waals surface area contributed by atoms with E-state index in [9.17, 15) is 0 Å². The Balaban J connectivity index is 1.52. The van der Waals surface area contributed by atoms with E-state index in [-0.39, 0.29) is 0 Å². The first-order chi connectivity index (χ1) is 10.7. The number of aromatic nitrogens is 2. The molecule has 0 bridgehead atoms. The van der Waals surface area contributed by atoms with Crippen LogP contribution in [0, 0.1) is 0 Å². The number of hydrogen-bond donors (Lipinski definition) is 1. The summed E-state index contributed by atoms with van der Waals surface area (Å²) < 4.78 is 2.00. The first kappa shape index (κ1) is 15.1. The van der Waals surface area contributed by atoms with Crippen LogP contribution in [0.5, 0.6) is 0 Å². The van der Waals surface area contributed by atoms with Crippen LogP contribution in [-0.2, 0) is 6.54 Å². The van der Waals surface area contributed by atoms with Gasteiger partial charge in [-0.15, -0.1) is 0 Å². The summed E-state index contributed by atoms with van der Waals surface area (Å²) in [5.41, 5.74) is 2.88. The average molecular weight is 298 g/mol. The van der Waals surface area contributed by atoms with Gasteiger partial charge in [0.05, 0.1) is 0 Å². The fourth-order valence-electron chi connectivity index (χ4n) is 3.22. The number of anilines is 1. The van der Waals surface area contributed by atoms with Crippen LogP contribution in [0.15, 0.2) is 42.7 Å². The molecule has 0 fully saturated rings. The molecule has 22 heavy (non-hydrogen) atoms. The van der Waals surface area contributed by atoms with E-state index in [0.717, 1.165) is 26.1 Å². The Morgan fingerprint density at radius 1 is 1.32 bits per heavy atom. The maximum Gasteiger partial charge on any atom is 0.0489 e. The van der Waals surface area contributed by atoms with Gasteiger partial charge in [0.25, 0.3) is 0 Å². The van der Waals surface area contributed by atoms with Gasteiger partial charge in [-0.3, -0.25) is 4.68 Å². The van der Waals surface area contributed by atoms with Crippen molar-refractivity contribution in [3.63, 3.8) is 0 Å². The predicted molar refractivity (Wildman–Crippen MR) is 91.4 cm³/mol. The largest absolute Gasteiger partial charge is 0.374 e. The van der Waals surface area contributed by atoms with E-state index in [1.54, 1.807) is 0 Å². The number of rotatable bonds is 6. The molecule has 1 aromatic heterocycles. The summed E-state index contributed by atoms with van der Waals surface area (Å²) in [4.78, 5) is 2.37. The maximum atomic E-state index is 4.26. The van der Waals surface area contributed by atoms with Crippen LogP contribution in [-0.4, -0.2) is 36.0 Å². The van der Waals surface area contributed by atoms with Gasteiger partial charge in [0.2, 0.25) is 0 Å². The van der Waals surface area contributed by atoms with Crippen molar-refractivity contribution in [1.29, 1.82) is 0 Å². The molecule has 118 valence electrons. The van der Waals surface area contributed by atoms with E-state index in [2.05, 4.69) is 53.6 Å². The molecule has 2 atom stereocenters. The minimum atomic E-state index is 0.510. The lowest BCUT2D eigenvalue weighted by atomic mass is 9.90. The summed E-state index contributed by atoms with van der Waals surface area (Å²) in [6.07, 6.45) is 6.20. The minimum absolute atomic E-state index is 0.510. The molecule has 4 heteroatoms. The number of aryl methyl sites for hydroxylation is 1. The SMILES string of the molecule is C[C@@H](CCn1cccn1)NC[C@H]1CCN(C)c2ccccc21. The number of nitrogens with zero attached hydrogens (tertiary/aromatic N) is 3. The van der Waals surface area contributed by atoms with Crippen LogP contribution in [0.4, 0.5) is 5.69 Å². The Labute approximate surface area is 133 Å². The van der Waals surface area contributed by atoms with Crippen molar-refractivity contribution in [2.45, 2.75) is 38.3 Å². The Hall–Kier alpha value is -1.81. The van der Waals surface area contributed by atoms with Gasteiger partial charge in [-0.2, -0.15) is 5.10 Å². The van der Waals surface area contributed by atoms with Crippen molar-refractivity contribution in [3.05, 3.63) is 48.3 Å². The second-order valence-electron chi connectivity index (χ2n) is 6.33. The summed E-state index contributed by atoms with van der Waals surface area (Å²) in [5.74, 6) is 0.625. The fraction of sp³-hybridized carbons (Fsp3) is 0.500. The Morgan fingerprint density at radius 3 is 3.00 bits per heavy atom. The van der Waals surface area contributed by atoms with Gasteiger partial charge < -0.3 is 10.2 Å². The summed E-state index contributed by atoms with van der Waals surface area (Å²) in [6, 6.07) is 11.3. The number of nitrogens with one attached hydrogen (secondary N) is 1. The molecule has 1 aromatic carbocycles. The Kier molecular flexibility index (Phi) is 4.78. The van der Waals surface area contributed by atoms with Gasteiger partial charge >= 0.3 is 0 Å². The van der Waals surface area contributed by atoms with E-state index in [1.165, 1.54) is 17.7 Å². The molecule has 1 aliphatic rings. The Bertz CT molecular complexity index is 579. The van der Waals surface area contributed by atoms with Gasteiger partial charge in [-0.1, -0.05) is 18.2 Å². The van der Waals surface area contributed by atoms with Crippen molar-refractivity contribution in [2.24, 2.45) is 0 Å². The highest BCUT2D eigenvalue weighted by atomic mass is 15.3. The molecule has 1 N–H and O–H groups in total. The first-order valence-corrected chi connectivity index (χ1v) is 8.25. The second-order valence-corrected chi connectivity index (χ2v) is 6.33. The monoisotopic (exact) mass is 298 g/mol. The lowest BCUT2D eigenvalue weighted by Gasteiger charge is -2.34. The zero-order chi connectivity index (χ0) is 15.4. The molecular weight excluding hydrogens is 272 g/mol. The topological polar surface area (TPSA) is 33.1 Å². The lowest BCUT2D eigenvalue weighted by molar-refractivity contribution is 0.432. The molecule has 0 spiro atoms. The third-order valence-corrected chi connectivity index (χ3v) is 4.66. The summed E-state index contributed by atoms with van der Waals surface area (Å²) >= 11 is 0. The maximum absolute atomic E-state index is 4.26. The van der Waals surface area contributed by atoms with Crippen molar-refractivity contribution in [2.75, 3.05) is 25.0 Å². The summed E-state index contributed by atoms with van der Waals surface area (Å²) in [6.45, 7) is 5.45. The third kappa shape index (κ3) is 3.50.